The molecule has 1 aromatic rings. The highest BCUT2D eigenvalue weighted by molar-refractivity contribution is 5.77. The molecule has 0 bridgehead atoms. The molecule has 5 heteroatoms. The number of fused-ring (bicyclic) bond motifs is 3. The van der Waals surface area contributed by atoms with Crippen molar-refractivity contribution in [1.82, 2.24) is 4.90 Å². The lowest BCUT2D eigenvalue weighted by atomic mass is 9.68. The third-order valence-corrected chi connectivity index (χ3v) is 6.36. The number of nitrogens with zero attached hydrogens (tertiary/aromatic N) is 1. The van der Waals surface area contributed by atoms with Crippen LogP contribution < -0.4 is 9.47 Å². The summed E-state index contributed by atoms with van der Waals surface area (Å²) in [4.78, 5) is 24.7. The molecule has 164 valence electrons. The Labute approximate surface area is 180 Å². The summed E-state index contributed by atoms with van der Waals surface area (Å²) in [6, 6.07) is 4.14. The first-order valence-electron chi connectivity index (χ1n) is 11.1. The topological polar surface area (TPSA) is 55.8 Å². The first-order valence-corrected chi connectivity index (χ1v) is 11.1. The van der Waals surface area contributed by atoms with Crippen LogP contribution in [-0.4, -0.2) is 36.5 Å². The minimum absolute atomic E-state index is 0.0757. The van der Waals surface area contributed by atoms with Gasteiger partial charge in [0.25, 0.3) is 0 Å². The molecule has 1 aliphatic carbocycles. The standard InChI is InChI=1S/C25H35NO4/c1-6-7-8-9-18-13-21(29-23(28)15-26(5)16-27)24-19-12-17(2)10-11-20(19)25(3,4)30-22(24)14-18/h12-14,16,19-20H,6-11,15H2,1-5H3/t19-,20-/m1/s1. The summed E-state index contributed by atoms with van der Waals surface area (Å²) in [5.41, 5.74) is 3.18. The number of carbonyl (C=O) groups is 2. The molecule has 0 radical (unpaired) electrons. The van der Waals surface area contributed by atoms with Crippen LogP contribution in [0.3, 0.4) is 0 Å². The second-order valence-electron chi connectivity index (χ2n) is 9.35. The maximum absolute atomic E-state index is 12.5. The molecule has 0 saturated heterocycles. The molecule has 0 aromatic heterocycles. The zero-order valence-electron chi connectivity index (χ0n) is 19.0. The summed E-state index contributed by atoms with van der Waals surface area (Å²) >= 11 is 0. The van der Waals surface area contributed by atoms with Crippen LogP contribution in [0.4, 0.5) is 0 Å². The van der Waals surface area contributed by atoms with Gasteiger partial charge in [-0.1, -0.05) is 31.4 Å². The third kappa shape index (κ3) is 4.88. The predicted molar refractivity (Wildman–Crippen MR) is 118 cm³/mol. The number of allylic oxidation sites excluding steroid dienone is 2. The van der Waals surface area contributed by atoms with Crippen LogP contribution >= 0.6 is 0 Å². The average molecular weight is 414 g/mol. The Morgan fingerprint density at radius 1 is 1.33 bits per heavy atom. The van der Waals surface area contributed by atoms with Crippen LogP contribution in [0, 0.1) is 5.92 Å². The molecule has 0 fully saturated rings. The molecule has 1 heterocycles. The lowest BCUT2D eigenvalue weighted by molar-refractivity contribution is -0.137. The summed E-state index contributed by atoms with van der Waals surface area (Å²) in [7, 11) is 1.57. The molecule has 1 aromatic carbocycles. The van der Waals surface area contributed by atoms with Crippen molar-refractivity contribution in [1.29, 1.82) is 0 Å². The van der Waals surface area contributed by atoms with E-state index in [-0.39, 0.29) is 18.1 Å². The largest absolute Gasteiger partial charge is 0.487 e. The van der Waals surface area contributed by atoms with Gasteiger partial charge in [0.05, 0.1) is 0 Å². The van der Waals surface area contributed by atoms with Gasteiger partial charge in [0.2, 0.25) is 6.41 Å². The summed E-state index contributed by atoms with van der Waals surface area (Å²) < 4.78 is 12.3. The minimum Gasteiger partial charge on any atom is -0.487 e. The molecular formula is C25H35NO4. The number of esters is 1. The van der Waals surface area contributed by atoms with Crippen molar-refractivity contribution in [2.75, 3.05) is 13.6 Å². The number of rotatable bonds is 8. The fourth-order valence-electron chi connectivity index (χ4n) is 4.76. The molecule has 0 saturated carbocycles. The number of unbranched alkanes of at least 4 members (excludes halogenated alkanes) is 2. The van der Waals surface area contributed by atoms with Crippen molar-refractivity contribution in [3.8, 4) is 11.5 Å². The fraction of sp³-hybridized carbons (Fsp3) is 0.600. The molecule has 0 spiro atoms. The van der Waals surface area contributed by atoms with E-state index in [9.17, 15) is 9.59 Å². The van der Waals surface area contributed by atoms with E-state index in [4.69, 9.17) is 9.47 Å². The quantitative estimate of drug-likeness (QED) is 0.197. The van der Waals surface area contributed by atoms with Gasteiger partial charge in [-0.15, -0.1) is 0 Å². The average Bonchev–Trinajstić information content (AvgIpc) is 2.66. The highest BCUT2D eigenvalue weighted by Crippen LogP contribution is 2.53. The third-order valence-electron chi connectivity index (χ3n) is 6.36. The lowest BCUT2D eigenvalue weighted by Gasteiger charge is -2.46. The minimum atomic E-state index is -0.435. The molecular weight excluding hydrogens is 378 g/mol. The van der Waals surface area contributed by atoms with Crippen molar-refractivity contribution < 1.29 is 19.1 Å². The second-order valence-corrected chi connectivity index (χ2v) is 9.35. The Hall–Kier alpha value is -2.30. The summed E-state index contributed by atoms with van der Waals surface area (Å²) in [5, 5.41) is 0. The first-order chi connectivity index (χ1) is 14.2. The lowest BCUT2D eigenvalue weighted by Crippen LogP contribution is -2.45. The van der Waals surface area contributed by atoms with Gasteiger partial charge < -0.3 is 14.4 Å². The molecule has 0 N–H and O–H groups in total. The molecule has 2 atom stereocenters. The first kappa shape index (κ1) is 22.4. The van der Waals surface area contributed by atoms with Gasteiger partial charge >= 0.3 is 5.97 Å². The molecule has 0 unspecified atom stereocenters. The number of hydrogen-bond donors (Lipinski definition) is 0. The van der Waals surface area contributed by atoms with Crippen LogP contribution in [0.25, 0.3) is 0 Å². The molecule has 5 nitrogen and oxygen atoms in total. The maximum atomic E-state index is 12.5. The molecule has 1 aliphatic heterocycles. The second kappa shape index (κ2) is 9.23. The number of amides is 1. The molecule has 1 amide bonds. The van der Waals surface area contributed by atoms with Gasteiger partial charge in [0.15, 0.2) is 0 Å². The highest BCUT2D eigenvalue weighted by atomic mass is 16.5. The number of aryl methyl sites for hydroxylation is 1. The number of hydrogen-bond acceptors (Lipinski definition) is 4. The van der Waals surface area contributed by atoms with E-state index < -0.39 is 5.97 Å². The van der Waals surface area contributed by atoms with Gasteiger partial charge in [-0.05, 0) is 64.2 Å². The number of ether oxygens (including phenoxy) is 2. The van der Waals surface area contributed by atoms with E-state index in [1.54, 1.807) is 7.05 Å². The Morgan fingerprint density at radius 3 is 2.80 bits per heavy atom. The van der Waals surface area contributed by atoms with Gasteiger partial charge in [-0.25, -0.2) is 4.79 Å². The van der Waals surface area contributed by atoms with E-state index >= 15 is 0 Å². The normalized spacial score (nSPS) is 21.6. The SMILES string of the molecule is CCCCCc1cc(OC(=O)CN(C)C=O)c2c(c1)OC(C)(C)[C@@H]1CCC(C)=C[C@@H]21. The van der Waals surface area contributed by atoms with Gasteiger partial charge in [0.1, 0.15) is 23.6 Å². The smallest absolute Gasteiger partial charge is 0.331 e. The van der Waals surface area contributed by atoms with Gasteiger partial charge in [0, 0.05) is 24.4 Å². The Kier molecular flexibility index (Phi) is 6.89. The van der Waals surface area contributed by atoms with E-state index in [0.29, 0.717) is 18.1 Å². The number of likely N-dealkylation sites (N-methyl/N-ethyl adjacent to an activating group) is 1. The van der Waals surface area contributed by atoms with Crippen LogP contribution in [-0.2, 0) is 16.0 Å². The zero-order chi connectivity index (χ0) is 21.9. The van der Waals surface area contributed by atoms with E-state index in [1.807, 2.05) is 6.07 Å². The fourth-order valence-corrected chi connectivity index (χ4v) is 4.76. The Balaban J connectivity index is 2.03. The molecule has 3 rings (SSSR count). The molecule has 30 heavy (non-hydrogen) atoms. The summed E-state index contributed by atoms with van der Waals surface area (Å²) in [6.45, 7) is 8.61. The van der Waals surface area contributed by atoms with E-state index in [1.165, 1.54) is 10.5 Å². The van der Waals surface area contributed by atoms with E-state index in [2.05, 4.69) is 39.8 Å². The van der Waals surface area contributed by atoms with Crippen LogP contribution in [0.2, 0.25) is 0 Å². The van der Waals surface area contributed by atoms with Crippen LogP contribution in [0.5, 0.6) is 11.5 Å². The maximum Gasteiger partial charge on any atom is 0.331 e. The van der Waals surface area contributed by atoms with Crippen molar-refractivity contribution in [3.63, 3.8) is 0 Å². The van der Waals surface area contributed by atoms with E-state index in [0.717, 1.165) is 55.4 Å². The van der Waals surface area contributed by atoms with Crippen molar-refractivity contribution in [2.45, 2.75) is 77.7 Å². The van der Waals surface area contributed by atoms with Crippen molar-refractivity contribution >= 4 is 12.4 Å². The Bertz CT molecular complexity index is 827. The highest BCUT2D eigenvalue weighted by Gasteiger charge is 2.45. The zero-order valence-corrected chi connectivity index (χ0v) is 19.0. The van der Waals surface area contributed by atoms with Crippen LogP contribution in [0.1, 0.15) is 76.8 Å². The predicted octanol–water partition coefficient (Wildman–Crippen LogP) is 5.02. The molecule has 2 aliphatic rings. The monoisotopic (exact) mass is 413 g/mol. The summed E-state index contributed by atoms with van der Waals surface area (Å²) in [6.07, 6.45) is 9.40. The number of carbonyl (C=O) groups excluding carboxylic acids is 2. The number of benzene rings is 1. The van der Waals surface area contributed by atoms with Crippen LogP contribution in [0.15, 0.2) is 23.8 Å². The van der Waals surface area contributed by atoms with Gasteiger partial charge in [-0.2, -0.15) is 0 Å². The van der Waals surface area contributed by atoms with Gasteiger partial charge in [-0.3, -0.25) is 4.79 Å². The van der Waals surface area contributed by atoms with Crippen molar-refractivity contribution in [3.05, 3.63) is 34.9 Å². The summed E-state index contributed by atoms with van der Waals surface area (Å²) in [5.74, 6) is 1.46. The Morgan fingerprint density at radius 2 is 2.10 bits per heavy atom. The van der Waals surface area contributed by atoms with Crippen molar-refractivity contribution in [2.24, 2.45) is 5.92 Å².